The first-order chi connectivity index (χ1) is 14.0. The summed E-state index contributed by atoms with van der Waals surface area (Å²) in [6.45, 7) is 3.09. The Labute approximate surface area is 176 Å². The lowest BCUT2D eigenvalue weighted by Crippen LogP contribution is -2.43. The van der Waals surface area contributed by atoms with E-state index in [1.54, 1.807) is 12.1 Å². The van der Waals surface area contributed by atoms with Gasteiger partial charge in [0, 0.05) is 30.7 Å². The summed E-state index contributed by atoms with van der Waals surface area (Å²) in [4.78, 5) is 2.50. The van der Waals surface area contributed by atoms with E-state index in [0.717, 1.165) is 29.4 Å². The van der Waals surface area contributed by atoms with Crippen molar-refractivity contribution in [2.24, 2.45) is 0 Å². The Morgan fingerprint density at radius 1 is 0.966 bits per heavy atom. The second kappa shape index (κ2) is 8.81. The Bertz CT molecular complexity index is 1080. The fourth-order valence-corrected chi connectivity index (χ4v) is 4.92. The Morgan fingerprint density at radius 2 is 1.66 bits per heavy atom. The number of rotatable bonds is 6. The van der Waals surface area contributed by atoms with Crippen LogP contribution in [0.4, 0.5) is 0 Å². The summed E-state index contributed by atoms with van der Waals surface area (Å²) >= 11 is 5.89. The molecule has 4 rings (SSSR count). The predicted octanol–water partition coefficient (Wildman–Crippen LogP) is 3.85. The van der Waals surface area contributed by atoms with Crippen molar-refractivity contribution in [3.8, 4) is 0 Å². The third-order valence-electron chi connectivity index (χ3n) is 5.26. The number of ether oxygens (including phenoxy) is 1. The lowest BCUT2D eigenvalue weighted by atomic mass is 9.97. The predicted molar refractivity (Wildman–Crippen MR) is 116 cm³/mol. The molecule has 1 atom stereocenters. The summed E-state index contributed by atoms with van der Waals surface area (Å²) < 4.78 is 34.0. The zero-order chi connectivity index (χ0) is 20.3. The summed E-state index contributed by atoms with van der Waals surface area (Å²) in [7, 11) is -3.64. The van der Waals surface area contributed by atoms with E-state index in [0.29, 0.717) is 18.2 Å². The molecule has 0 saturated carbocycles. The van der Waals surface area contributed by atoms with Crippen molar-refractivity contribution < 1.29 is 13.2 Å². The van der Waals surface area contributed by atoms with Gasteiger partial charge in [0.15, 0.2) is 0 Å². The molecule has 0 bridgehead atoms. The first-order valence-corrected chi connectivity index (χ1v) is 11.5. The first kappa shape index (κ1) is 20.3. The molecule has 0 aromatic heterocycles. The van der Waals surface area contributed by atoms with E-state index < -0.39 is 10.0 Å². The number of fused-ring (bicyclic) bond motifs is 1. The van der Waals surface area contributed by atoms with Gasteiger partial charge < -0.3 is 4.74 Å². The van der Waals surface area contributed by atoms with Crippen molar-refractivity contribution in [2.45, 2.75) is 10.9 Å². The van der Waals surface area contributed by atoms with Crippen molar-refractivity contribution in [3.05, 3.63) is 77.3 Å². The van der Waals surface area contributed by atoms with E-state index in [1.165, 1.54) is 12.1 Å². The van der Waals surface area contributed by atoms with Gasteiger partial charge in [0.2, 0.25) is 10.0 Å². The molecule has 1 heterocycles. The molecule has 3 aromatic rings. The number of benzene rings is 3. The molecule has 1 N–H and O–H groups in total. The molecule has 0 radical (unpaired) electrons. The van der Waals surface area contributed by atoms with Crippen molar-refractivity contribution in [1.82, 2.24) is 9.62 Å². The Hall–Kier alpha value is -1.96. The summed E-state index contributed by atoms with van der Waals surface area (Å²) in [6.07, 6.45) is 0. The zero-order valence-corrected chi connectivity index (χ0v) is 17.5. The molecule has 1 saturated heterocycles. The molecule has 29 heavy (non-hydrogen) atoms. The highest BCUT2D eigenvalue weighted by molar-refractivity contribution is 7.89. The van der Waals surface area contributed by atoms with Crippen LogP contribution in [0.15, 0.2) is 71.6 Å². The van der Waals surface area contributed by atoms with E-state index in [4.69, 9.17) is 16.3 Å². The standard InChI is InChI=1S/C22H23ClN2O3S/c23-18-8-10-19(11-9-18)29(26,27)24-16-22(25-12-14-28-15-13-25)21-7-3-5-17-4-1-2-6-20(17)21/h1-11,22,24H,12-16H2. The summed E-state index contributed by atoms with van der Waals surface area (Å²) in [5.41, 5.74) is 1.11. The fourth-order valence-electron chi connectivity index (χ4n) is 3.75. The summed E-state index contributed by atoms with van der Waals surface area (Å²) in [5, 5.41) is 2.78. The van der Waals surface area contributed by atoms with Gasteiger partial charge in [0.05, 0.1) is 18.1 Å². The number of hydrogen-bond acceptors (Lipinski definition) is 4. The highest BCUT2D eigenvalue weighted by atomic mass is 35.5. The van der Waals surface area contributed by atoms with Gasteiger partial charge in [-0.1, -0.05) is 54.1 Å². The van der Waals surface area contributed by atoms with E-state index in [1.807, 2.05) is 18.2 Å². The highest BCUT2D eigenvalue weighted by Crippen LogP contribution is 2.29. The third-order valence-corrected chi connectivity index (χ3v) is 6.95. The van der Waals surface area contributed by atoms with Crippen LogP contribution in [-0.2, 0) is 14.8 Å². The second-order valence-electron chi connectivity index (χ2n) is 7.04. The topological polar surface area (TPSA) is 58.6 Å². The van der Waals surface area contributed by atoms with Gasteiger partial charge in [-0.15, -0.1) is 0 Å². The van der Waals surface area contributed by atoms with E-state index in [2.05, 4.69) is 33.9 Å². The Balaban J connectivity index is 1.65. The van der Waals surface area contributed by atoms with Crippen LogP contribution < -0.4 is 4.72 Å². The number of nitrogens with one attached hydrogen (secondary N) is 1. The number of sulfonamides is 1. The molecular weight excluding hydrogens is 408 g/mol. The van der Waals surface area contributed by atoms with Crippen LogP contribution in [0.25, 0.3) is 10.8 Å². The fraction of sp³-hybridized carbons (Fsp3) is 0.273. The van der Waals surface area contributed by atoms with Crippen molar-refractivity contribution in [2.75, 3.05) is 32.8 Å². The molecule has 1 unspecified atom stereocenters. The van der Waals surface area contributed by atoms with Crippen molar-refractivity contribution in [1.29, 1.82) is 0 Å². The van der Waals surface area contributed by atoms with Crippen LogP contribution in [-0.4, -0.2) is 46.2 Å². The Morgan fingerprint density at radius 3 is 2.41 bits per heavy atom. The summed E-state index contributed by atoms with van der Waals surface area (Å²) in [6, 6.07) is 20.5. The zero-order valence-electron chi connectivity index (χ0n) is 15.9. The molecule has 5 nitrogen and oxygen atoms in total. The minimum absolute atomic E-state index is 0.0907. The first-order valence-electron chi connectivity index (χ1n) is 9.59. The van der Waals surface area contributed by atoms with Gasteiger partial charge in [0.1, 0.15) is 0 Å². The number of halogens is 1. The van der Waals surface area contributed by atoms with Gasteiger partial charge >= 0.3 is 0 Å². The van der Waals surface area contributed by atoms with Crippen LogP contribution in [0.3, 0.4) is 0 Å². The van der Waals surface area contributed by atoms with Gasteiger partial charge in [-0.05, 0) is 40.6 Å². The van der Waals surface area contributed by atoms with Gasteiger partial charge in [-0.2, -0.15) is 0 Å². The summed E-state index contributed by atoms with van der Waals surface area (Å²) in [5.74, 6) is 0. The maximum absolute atomic E-state index is 12.8. The number of morpholine rings is 1. The van der Waals surface area contributed by atoms with E-state index in [-0.39, 0.29) is 17.5 Å². The van der Waals surface area contributed by atoms with Crippen LogP contribution in [0.1, 0.15) is 11.6 Å². The third kappa shape index (κ3) is 4.63. The minimum Gasteiger partial charge on any atom is -0.379 e. The molecule has 0 amide bonds. The average molecular weight is 431 g/mol. The molecule has 0 spiro atoms. The van der Waals surface area contributed by atoms with E-state index in [9.17, 15) is 8.42 Å². The lowest BCUT2D eigenvalue weighted by Gasteiger charge is -2.35. The van der Waals surface area contributed by atoms with Crippen molar-refractivity contribution >= 4 is 32.4 Å². The number of nitrogens with zero attached hydrogens (tertiary/aromatic N) is 1. The molecule has 1 aliphatic heterocycles. The van der Waals surface area contributed by atoms with Crippen LogP contribution in [0.5, 0.6) is 0 Å². The van der Waals surface area contributed by atoms with Crippen LogP contribution in [0.2, 0.25) is 5.02 Å². The quantitative estimate of drug-likeness (QED) is 0.645. The molecule has 1 fully saturated rings. The molecule has 3 aromatic carbocycles. The van der Waals surface area contributed by atoms with Crippen LogP contribution in [0, 0.1) is 0 Å². The monoisotopic (exact) mass is 430 g/mol. The SMILES string of the molecule is O=S(=O)(NCC(c1cccc2ccccc12)N1CCOCC1)c1ccc(Cl)cc1. The van der Waals surface area contributed by atoms with Gasteiger partial charge in [-0.25, -0.2) is 13.1 Å². The highest BCUT2D eigenvalue weighted by Gasteiger charge is 2.26. The minimum atomic E-state index is -3.64. The molecule has 7 heteroatoms. The smallest absolute Gasteiger partial charge is 0.240 e. The van der Waals surface area contributed by atoms with E-state index >= 15 is 0 Å². The molecular formula is C22H23ClN2O3S. The molecule has 1 aliphatic rings. The molecule has 0 aliphatic carbocycles. The largest absolute Gasteiger partial charge is 0.379 e. The molecule has 152 valence electrons. The van der Waals surface area contributed by atoms with Gasteiger partial charge in [0.25, 0.3) is 0 Å². The number of hydrogen-bond donors (Lipinski definition) is 1. The maximum atomic E-state index is 12.8. The maximum Gasteiger partial charge on any atom is 0.240 e. The lowest BCUT2D eigenvalue weighted by molar-refractivity contribution is 0.0175. The van der Waals surface area contributed by atoms with Gasteiger partial charge in [-0.3, -0.25) is 4.90 Å². The average Bonchev–Trinajstić information content (AvgIpc) is 2.75. The van der Waals surface area contributed by atoms with Crippen LogP contribution >= 0.6 is 11.6 Å². The second-order valence-corrected chi connectivity index (χ2v) is 9.24. The normalized spacial score (nSPS) is 16.7. The Kier molecular flexibility index (Phi) is 6.18. The van der Waals surface area contributed by atoms with Crippen molar-refractivity contribution in [3.63, 3.8) is 0 Å².